The van der Waals surface area contributed by atoms with Crippen molar-refractivity contribution in [3.05, 3.63) is 15.1 Å². The molecule has 1 atom stereocenters. The molecule has 0 aliphatic carbocycles. The van der Waals surface area contributed by atoms with Gasteiger partial charge in [0.1, 0.15) is 9.36 Å². The van der Waals surface area contributed by atoms with Gasteiger partial charge in [-0.25, -0.2) is 0 Å². The molecule has 1 amide bonds. The van der Waals surface area contributed by atoms with E-state index in [4.69, 9.17) is 27.9 Å². The molecule has 0 saturated carbocycles. The highest BCUT2D eigenvalue weighted by Crippen LogP contribution is 2.29. The van der Waals surface area contributed by atoms with Crippen LogP contribution in [0.2, 0.25) is 9.36 Å². The molecule has 0 spiro atoms. The van der Waals surface area contributed by atoms with Gasteiger partial charge in [-0.15, -0.1) is 0 Å². The highest BCUT2D eigenvalue weighted by Gasteiger charge is 2.19. The first-order valence-corrected chi connectivity index (χ1v) is 6.23. The van der Waals surface area contributed by atoms with E-state index in [9.17, 15) is 4.79 Å². The van der Waals surface area contributed by atoms with E-state index in [0.29, 0.717) is 10.9 Å². The summed E-state index contributed by atoms with van der Waals surface area (Å²) in [6.07, 6.45) is 0.773. The molecule has 1 N–H and O–H groups in total. The first kappa shape index (κ1) is 13.7. The summed E-state index contributed by atoms with van der Waals surface area (Å²) in [6.45, 7) is 2.41. The molecular weight excluding hydrogens is 271 g/mol. The maximum Gasteiger partial charge on any atom is 0.272 e. The lowest BCUT2D eigenvalue weighted by Gasteiger charge is -2.14. The van der Waals surface area contributed by atoms with E-state index in [-0.39, 0.29) is 22.7 Å². The number of hydrogen-bond donors (Lipinski definition) is 1. The van der Waals surface area contributed by atoms with Crippen molar-refractivity contribution in [2.75, 3.05) is 13.7 Å². The summed E-state index contributed by atoms with van der Waals surface area (Å²) in [5.74, 6) is -0.322. The molecule has 0 aliphatic rings. The number of nitrogens with one attached hydrogen (secondary N) is 1. The minimum Gasteiger partial charge on any atom is -0.383 e. The average Bonchev–Trinajstić information content (AvgIpc) is 2.59. The summed E-state index contributed by atoms with van der Waals surface area (Å²) in [5.41, 5.74) is 0.172. The van der Waals surface area contributed by atoms with Crippen molar-refractivity contribution in [2.24, 2.45) is 0 Å². The summed E-state index contributed by atoms with van der Waals surface area (Å²) in [6, 6.07) is -0.0472. The third-order valence-corrected chi connectivity index (χ3v) is 3.62. The van der Waals surface area contributed by atoms with E-state index in [1.807, 2.05) is 6.92 Å². The maximum absolute atomic E-state index is 11.8. The zero-order valence-electron chi connectivity index (χ0n) is 8.92. The quantitative estimate of drug-likeness (QED) is 0.903. The highest BCUT2D eigenvalue weighted by molar-refractivity contribution is 7.11. The number of carbonyl (C=O) groups excluding carboxylic acids is 1. The Bertz CT molecular complexity index is 370. The molecule has 1 heterocycles. The molecule has 1 aromatic heterocycles. The summed E-state index contributed by atoms with van der Waals surface area (Å²) < 4.78 is 9.19. The van der Waals surface area contributed by atoms with Gasteiger partial charge >= 0.3 is 0 Å². The Balaban J connectivity index is 2.68. The molecule has 1 rings (SSSR count). The molecule has 0 bridgehead atoms. The van der Waals surface area contributed by atoms with Gasteiger partial charge < -0.3 is 10.1 Å². The molecule has 1 unspecified atom stereocenters. The predicted octanol–water partition coefficient (Wildman–Crippen LogP) is 2.60. The van der Waals surface area contributed by atoms with Crippen LogP contribution in [-0.2, 0) is 4.74 Å². The first-order chi connectivity index (χ1) is 7.60. The minimum atomic E-state index is -0.322. The number of aromatic nitrogens is 1. The molecule has 4 nitrogen and oxygen atoms in total. The van der Waals surface area contributed by atoms with Crippen LogP contribution < -0.4 is 5.32 Å². The fraction of sp³-hybridized carbons (Fsp3) is 0.556. The topological polar surface area (TPSA) is 51.2 Å². The zero-order chi connectivity index (χ0) is 12.1. The van der Waals surface area contributed by atoms with E-state index in [2.05, 4.69) is 9.69 Å². The number of hydrogen-bond acceptors (Lipinski definition) is 4. The Kier molecular flexibility index (Phi) is 5.48. The lowest BCUT2D eigenvalue weighted by atomic mass is 10.2. The molecule has 16 heavy (non-hydrogen) atoms. The van der Waals surface area contributed by atoms with E-state index in [1.54, 1.807) is 7.11 Å². The summed E-state index contributed by atoms with van der Waals surface area (Å²) in [5, 5.41) is 2.98. The minimum absolute atomic E-state index is 0.0472. The third kappa shape index (κ3) is 3.31. The molecule has 1 aromatic rings. The van der Waals surface area contributed by atoms with Gasteiger partial charge in [0.05, 0.1) is 12.6 Å². The standard InChI is InChI=1S/C9H12Cl2N2O2S/c1-3-5(4-15-2)12-9(14)7-6(10)8(11)16-13-7/h5H,3-4H2,1-2H3,(H,12,14). The highest BCUT2D eigenvalue weighted by atomic mass is 35.5. The second-order valence-corrected chi connectivity index (χ2v) is 4.91. The zero-order valence-corrected chi connectivity index (χ0v) is 11.2. The van der Waals surface area contributed by atoms with Crippen molar-refractivity contribution >= 4 is 40.6 Å². The summed E-state index contributed by atoms with van der Waals surface area (Å²) in [7, 11) is 1.58. The lowest BCUT2D eigenvalue weighted by molar-refractivity contribution is 0.0891. The van der Waals surface area contributed by atoms with Gasteiger partial charge in [-0.05, 0) is 18.0 Å². The second kappa shape index (κ2) is 6.39. The van der Waals surface area contributed by atoms with E-state index >= 15 is 0 Å². The third-order valence-electron chi connectivity index (χ3n) is 2.01. The molecular formula is C9H12Cl2N2O2S. The van der Waals surface area contributed by atoms with Crippen LogP contribution in [0.3, 0.4) is 0 Å². The smallest absolute Gasteiger partial charge is 0.272 e. The molecule has 0 fully saturated rings. The number of amides is 1. The van der Waals surface area contributed by atoms with Crippen LogP contribution in [0, 0.1) is 0 Å². The van der Waals surface area contributed by atoms with Gasteiger partial charge in [0.2, 0.25) is 0 Å². The molecule has 0 aliphatic heterocycles. The Morgan fingerprint density at radius 2 is 2.31 bits per heavy atom. The van der Waals surface area contributed by atoms with Crippen molar-refractivity contribution in [3.63, 3.8) is 0 Å². The average molecular weight is 283 g/mol. The molecule has 0 saturated heterocycles. The van der Waals surface area contributed by atoms with Gasteiger partial charge in [0, 0.05) is 7.11 Å². The largest absolute Gasteiger partial charge is 0.383 e. The van der Waals surface area contributed by atoms with E-state index < -0.39 is 0 Å². The van der Waals surface area contributed by atoms with Crippen molar-refractivity contribution in [2.45, 2.75) is 19.4 Å². The molecule has 0 radical (unpaired) electrons. The van der Waals surface area contributed by atoms with Crippen LogP contribution >= 0.6 is 34.7 Å². The van der Waals surface area contributed by atoms with Crippen LogP contribution in [0.25, 0.3) is 0 Å². The number of ether oxygens (including phenoxy) is 1. The van der Waals surface area contributed by atoms with Crippen LogP contribution in [0.1, 0.15) is 23.8 Å². The molecule has 7 heteroatoms. The van der Waals surface area contributed by atoms with Gasteiger partial charge in [-0.3, -0.25) is 4.79 Å². The van der Waals surface area contributed by atoms with Gasteiger partial charge in [0.15, 0.2) is 5.69 Å². The van der Waals surface area contributed by atoms with Crippen LogP contribution in [-0.4, -0.2) is 30.0 Å². The van der Waals surface area contributed by atoms with Crippen LogP contribution in [0.5, 0.6) is 0 Å². The Morgan fingerprint density at radius 3 is 2.75 bits per heavy atom. The molecule has 0 aromatic carbocycles. The summed E-state index contributed by atoms with van der Waals surface area (Å²) in [4.78, 5) is 11.8. The van der Waals surface area contributed by atoms with Crippen LogP contribution in [0.15, 0.2) is 0 Å². The van der Waals surface area contributed by atoms with Crippen molar-refractivity contribution < 1.29 is 9.53 Å². The number of carbonyl (C=O) groups is 1. The first-order valence-electron chi connectivity index (χ1n) is 4.70. The number of nitrogens with zero attached hydrogens (tertiary/aromatic N) is 1. The number of rotatable bonds is 5. The number of methoxy groups -OCH3 is 1. The predicted molar refractivity (Wildman–Crippen MR) is 65.6 cm³/mol. The van der Waals surface area contributed by atoms with Crippen molar-refractivity contribution in [1.29, 1.82) is 0 Å². The van der Waals surface area contributed by atoms with Gasteiger partial charge in [0.25, 0.3) is 5.91 Å². The van der Waals surface area contributed by atoms with Crippen molar-refractivity contribution in [1.82, 2.24) is 9.69 Å². The van der Waals surface area contributed by atoms with Gasteiger partial charge in [-0.1, -0.05) is 30.1 Å². The summed E-state index contributed by atoms with van der Waals surface area (Å²) >= 11 is 12.6. The molecule has 90 valence electrons. The Morgan fingerprint density at radius 1 is 1.62 bits per heavy atom. The number of halogens is 2. The fourth-order valence-electron chi connectivity index (χ4n) is 1.12. The fourth-order valence-corrected chi connectivity index (χ4v) is 2.11. The maximum atomic E-state index is 11.8. The Labute approximate surface area is 108 Å². The van der Waals surface area contributed by atoms with Gasteiger partial charge in [-0.2, -0.15) is 4.37 Å². The van der Waals surface area contributed by atoms with Crippen LogP contribution in [0.4, 0.5) is 0 Å². The SMILES string of the molecule is CCC(COC)NC(=O)c1nsc(Cl)c1Cl. The normalized spacial score (nSPS) is 12.5. The lowest BCUT2D eigenvalue weighted by Crippen LogP contribution is -2.37. The monoisotopic (exact) mass is 282 g/mol. The van der Waals surface area contributed by atoms with E-state index in [0.717, 1.165) is 18.0 Å². The van der Waals surface area contributed by atoms with E-state index in [1.165, 1.54) is 0 Å². The second-order valence-electron chi connectivity index (χ2n) is 3.15. The van der Waals surface area contributed by atoms with Crippen molar-refractivity contribution in [3.8, 4) is 0 Å². The Hall–Kier alpha value is -0.360.